The monoisotopic (exact) mass is 555 g/mol. The third-order valence-corrected chi connectivity index (χ3v) is 6.98. The average Bonchev–Trinajstić information content (AvgIpc) is 3.26. The van der Waals surface area contributed by atoms with Crippen molar-refractivity contribution in [2.75, 3.05) is 18.7 Å². The lowest BCUT2D eigenvalue weighted by Gasteiger charge is -2.30. The smallest absolute Gasteiger partial charge is 0.356 e. The van der Waals surface area contributed by atoms with Crippen LogP contribution in [0.3, 0.4) is 0 Å². The molecule has 1 aromatic carbocycles. The van der Waals surface area contributed by atoms with Gasteiger partial charge in [-0.05, 0) is 24.6 Å². The lowest BCUT2D eigenvalue weighted by molar-refractivity contribution is -0.143. The van der Waals surface area contributed by atoms with Crippen LogP contribution in [0.15, 0.2) is 36.9 Å². The van der Waals surface area contributed by atoms with Crippen LogP contribution in [-0.2, 0) is 34.5 Å². The second kappa shape index (κ2) is 12.9. The standard InChI is InChI=1S/C18H21ClN5O4P.C4H6O4/c1-12(8-24-10-23-16-17(20)21-9-22-18(16)24)26-11-29(25)27-6-5-15(28-29)13-3-2-4-14(19)7-13;5-3(6)1-2-4(7)8/h2-4,7,9-10,12,15H,5-6,8,11H2,1H3,(H2,20,21,22);1-2H2,(H,5,6)(H,7,8)/t12-,15+,29-;/m1./s1. The van der Waals surface area contributed by atoms with E-state index in [1.807, 2.05) is 29.7 Å². The summed E-state index contributed by atoms with van der Waals surface area (Å²) in [6, 6.07) is 7.33. The molecule has 0 unspecified atom stereocenters. The number of imidazole rings is 1. The van der Waals surface area contributed by atoms with E-state index < -0.39 is 19.5 Å². The molecule has 1 fully saturated rings. The molecule has 37 heavy (non-hydrogen) atoms. The number of anilines is 1. The predicted octanol–water partition coefficient (Wildman–Crippen LogP) is 3.73. The van der Waals surface area contributed by atoms with Crippen LogP contribution < -0.4 is 5.73 Å². The van der Waals surface area contributed by atoms with Crippen molar-refractivity contribution < 1.29 is 38.2 Å². The van der Waals surface area contributed by atoms with Gasteiger partial charge in [-0.2, -0.15) is 0 Å². The quantitative estimate of drug-likeness (QED) is 0.325. The molecule has 2 aromatic heterocycles. The SMILES string of the molecule is C[C@H](Cn1cnc2c(N)ncnc21)OC[P@@]1(=O)OCC[C@@H](c2cccc(Cl)c2)O1.O=C(O)CCC(=O)O. The van der Waals surface area contributed by atoms with Gasteiger partial charge in [0.1, 0.15) is 18.2 Å². The number of fused-ring (bicyclic) bond motifs is 1. The normalized spacial score (nSPS) is 20.1. The zero-order valence-electron chi connectivity index (χ0n) is 19.9. The number of halogens is 1. The van der Waals surface area contributed by atoms with Gasteiger partial charge in [-0.1, -0.05) is 23.7 Å². The maximum Gasteiger partial charge on any atom is 0.356 e. The van der Waals surface area contributed by atoms with E-state index in [1.54, 1.807) is 12.4 Å². The second-order valence-corrected chi connectivity index (χ2v) is 10.5. The van der Waals surface area contributed by atoms with Gasteiger partial charge in [-0.15, -0.1) is 0 Å². The summed E-state index contributed by atoms with van der Waals surface area (Å²) in [6.07, 6.45) is 2.25. The Kier molecular flexibility index (Phi) is 9.95. The Morgan fingerprint density at radius 1 is 1.27 bits per heavy atom. The van der Waals surface area contributed by atoms with E-state index in [2.05, 4.69) is 15.0 Å². The van der Waals surface area contributed by atoms with E-state index in [1.165, 1.54) is 6.33 Å². The maximum absolute atomic E-state index is 13.0. The summed E-state index contributed by atoms with van der Waals surface area (Å²) < 4.78 is 31.8. The van der Waals surface area contributed by atoms with Crippen LogP contribution in [-0.4, -0.2) is 60.7 Å². The lowest BCUT2D eigenvalue weighted by Crippen LogP contribution is -2.21. The Morgan fingerprint density at radius 3 is 2.68 bits per heavy atom. The number of carbonyl (C=O) groups is 2. The van der Waals surface area contributed by atoms with Gasteiger partial charge in [-0.3, -0.25) is 18.7 Å². The molecular formula is C22H27ClN5O8P. The molecule has 3 heterocycles. The highest BCUT2D eigenvalue weighted by atomic mass is 35.5. The van der Waals surface area contributed by atoms with Crippen molar-refractivity contribution in [1.29, 1.82) is 0 Å². The van der Waals surface area contributed by atoms with Crippen LogP contribution in [0.5, 0.6) is 0 Å². The number of nitrogens with zero attached hydrogens (tertiary/aromatic N) is 4. The van der Waals surface area contributed by atoms with Crippen molar-refractivity contribution >= 4 is 48.1 Å². The van der Waals surface area contributed by atoms with Crippen LogP contribution in [0.4, 0.5) is 5.82 Å². The number of nitrogens with two attached hydrogens (primary N) is 1. The molecule has 0 aliphatic carbocycles. The number of benzene rings is 1. The van der Waals surface area contributed by atoms with Gasteiger partial charge in [0.2, 0.25) is 0 Å². The third-order valence-electron chi connectivity index (χ3n) is 5.13. The van der Waals surface area contributed by atoms with Crippen LogP contribution in [0.2, 0.25) is 5.02 Å². The highest BCUT2D eigenvalue weighted by Gasteiger charge is 2.35. The van der Waals surface area contributed by atoms with E-state index in [0.29, 0.717) is 41.6 Å². The van der Waals surface area contributed by atoms with Gasteiger partial charge in [0.05, 0.1) is 44.5 Å². The van der Waals surface area contributed by atoms with Crippen LogP contribution in [0.1, 0.15) is 37.9 Å². The number of carboxylic acid groups (broad SMARTS) is 2. The molecule has 1 aliphatic rings. The third kappa shape index (κ3) is 8.48. The summed E-state index contributed by atoms with van der Waals surface area (Å²) in [5, 5.41) is 16.4. The van der Waals surface area contributed by atoms with Crippen molar-refractivity contribution in [2.24, 2.45) is 0 Å². The van der Waals surface area contributed by atoms with E-state index >= 15 is 0 Å². The van der Waals surface area contributed by atoms with Crippen molar-refractivity contribution in [2.45, 2.75) is 44.9 Å². The fraction of sp³-hybridized carbons (Fsp3) is 0.409. The number of hydrogen-bond donors (Lipinski definition) is 3. The number of ether oxygens (including phenoxy) is 1. The molecule has 15 heteroatoms. The van der Waals surface area contributed by atoms with Gasteiger partial charge in [-0.25, -0.2) is 15.0 Å². The first-order chi connectivity index (χ1) is 17.6. The Hall–Kier alpha value is -3.09. The summed E-state index contributed by atoms with van der Waals surface area (Å²) in [5.74, 6) is -1.83. The fourth-order valence-corrected chi connectivity index (χ4v) is 5.20. The van der Waals surface area contributed by atoms with Crippen molar-refractivity contribution in [3.63, 3.8) is 0 Å². The molecule has 4 rings (SSSR count). The Labute approximate surface area is 217 Å². The molecule has 13 nitrogen and oxygen atoms in total. The average molecular weight is 556 g/mol. The van der Waals surface area contributed by atoms with Crippen LogP contribution >= 0.6 is 19.2 Å². The minimum absolute atomic E-state index is 0.144. The summed E-state index contributed by atoms with van der Waals surface area (Å²) in [7, 11) is -3.39. The minimum Gasteiger partial charge on any atom is -0.481 e. The van der Waals surface area contributed by atoms with E-state index in [4.69, 9.17) is 41.3 Å². The number of hydrogen-bond acceptors (Lipinski definition) is 10. The van der Waals surface area contributed by atoms with E-state index in [-0.39, 0.29) is 31.4 Å². The molecule has 0 bridgehead atoms. The summed E-state index contributed by atoms with van der Waals surface area (Å²) in [4.78, 5) is 31.6. The van der Waals surface area contributed by atoms with Gasteiger partial charge in [0.25, 0.3) is 0 Å². The summed E-state index contributed by atoms with van der Waals surface area (Å²) in [5.41, 5.74) is 7.83. The largest absolute Gasteiger partial charge is 0.481 e. The Bertz CT molecular complexity index is 1270. The first-order valence-electron chi connectivity index (χ1n) is 11.2. The first-order valence-corrected chi connectivity index (χ1v) is 13.3. The molecule has 4 N–H and O–H groups in total. The molecule has 0 radical (unpaired) electrons. The number of aliphatic carboxylic acids is 2. The molecule has 0 saturated carbocycles. The topological polar surface area (TPSA) is 189 Å². The first kappa shape index (κ1) is 28.5. The highest BCUT2D eigenvalue weighted by molar-refractivity contribution is 7.53. The second-order valence-electron chi connectivity index (χ2n) is 8.10. The Balaban J connectivity index is 0.000000414. The fourth-order valence-electron chi connectivity index (χ4n) is 3.37. The van der Waals surface area contributed by atoms with Crippen LogP contribution in [0, 0.1) is 0 Å². The van der Waals surface area contributed by atoms with E-state index in [9.17, 15) is 14.2 Å². The molecule has 3 atom stereocenters. The highest BCUT2D eigenvalue weighted by Crippen LogP contribution is 2.56. The number of nitrogen functional groups attached to an aromatic ring is 1. The van der Waals surface area contributed by atoms with Crippen molar-refractivity contribution in [3.8, 4) is 0 Å². The summed E-state index contributed by atoms with van der Waals surface area (Å²) >= 11 is 6.05. The molecule has 1 aliphatic heterocycles. The zero-order valence-corrected chi connectivity index (χ0v) is 21.5. The zero-order chi connectivity index (χ0) is 27.0. The summed E-state index contributed by atoms with van der Waals surface area (Å²) in [6.45, 7) is 2.64. The van der Waals surface area contributed by atoms with Gasteiger partial charge >= 0.3 is 19.5 Å². The number of carboxylic acids is 2. The van der Waals surface area contributed by atoms with Gasteiger partial charge in [0, 0.05) is 11.4 Å². The maximum atomic E-state index is 13.0. The predicted molar refractivity (Wildman–Crippen MR) is 133 cm³/mol. The molecular weight excluding hydrogens is 529 g/mol. The number of rotatable bonds is 9. The van der Waals surface area contributed by atoms with Crippen LogP contribution in [0.25, 0.3) is 11.2 Å². The van der Waals surface area contributed by atoms with Gasteiger partial charge in [0.15, 0.2) is 11.5 Å². The van der Waals surface area contributed by atoms with Crippen molar-refractivity contribution in [1.82, 2.24) is 19.5 Å². The lowest BCUT2D eigenvalue weighted by atomic mass is 10.1. The van der Waals surface area contributed by atoms with Gasteiger partial charge < -0.3 is 29.8 Å². The molecule has 200 valence electrons. The minimum atomic E-state index is -3.39. The molecule has 0 amide bonds. The Morgan fingerprint density at radius 2 is 2.00 bits per heavy atom. The van der Waals surface area contributed by atoms with E-state index in [0.717, 1.165) is 5.56 Å². The molecule has 3 aromatic rings. The van der Waals surface area contributed by atoms with Crippen molar-refractivity contribution in [3.05, 3.63) is 47.5 Å². The molecule has 1 saturated heterocycles. The molecule has 0 spiro atoms. The number of aromatic nitrogens is 4.